The maximum absolute atomic E-state index is 10.8. The highest BCUT2D eigenvalue weighted by Gasteiger charge is 2.37. The standard InChI is InChI=1S/C11H13NO2S/c12-8-3-1-2-4-10(8)15-9-6-5-7(9)11(13)14/h1-4,7,9H,5-6,12H2,(H,13,14). The zero-order valence-electron chi connectivity index (χ0n) is 8.22. The molecule has 1 fully saturated rings. The molecule has 0 amide bonds. The number of carboxylic acid groups (broad SMARTS) is 1. The summed E-state index contributed by atoms with van der Waals surface area (Å²) in [6.07, 6.45) is 1.76. The molecular weight excluding hydrogens is 210 g/mol. The van der Waals surface area contributed by atoms with Crippen molar-refractivity contribution in [2.24, 2.45) is 5.92 Å². The topological polar surface area (TPSA) is 63.3 Å². The summed E-state index contributed by atoms with van der Waals surface area (Å²) in [5, 5.41) is 9.09. The van der Waals surface area contributed by atoms with Crippen LogP contribution in [0.3, 0.4) is 0 Å². The Balaban J connectivity index is 2.04. The van der Waals surface area contributed by atoms with Gasteiger partial charge in [0, 0.05) is 15.8 Å². The first-order chi connectivity index (χ1) is 7.18. The van der Waals surface area contributed by atoms with Crippen molar-refractivity contribution in [3.8, 4) is 0 Å². The van der Waals surface area contributed by atoms with Gasteiger partial charge in [0.25, 0.3) is 0 Å². The van der Waals surface area contributed by atoms with Crippen LogP contribution in [0.25, 0.3) is 0 Å². The lowest BCUT2D eigenvalue weighted by molar-refractivity contribution is -0.144. The summed E-state index contributed by atoms with van der Waals surface area (Å²) in [5.41, 5.74) is 6.54. The van der Waals surface area contributed by atoms with Crippen molar-refractivity contribution in [3.63, 3.8) is 0 Å². The van der Waals surface area contributed by atoms with E-state index in [1.807, 2.05) is 24.3 Å². The lowest BCUT2D eigenvalue weighted by Gasteiger charge is -2.32. The molecule has 1 aliphatic carbocycles. The Morgan fingerprint density at radius 1 is 1.40 bits per heavy atom. The van der Waals surface area contributed by atoms with E-state index in [1.165, 1.54) is 0 Å². The Bertz CT molecular complexity index is 381. The highest BCUT2D eigenvalue weighted by Crippen LogP contribution is 2.42. The van der Waals surface area contributed by atoms with E-state index < -0.39 is 5.97 Å². The second-order valence-corrected chi connectivity index (χ2v) is 5.00. The fourth-order valence-corrected chi connectivity index (χ4v) is 3.00. The zero-order chi connectivity index (χ0) is 10.8. The van der Waals surface area contributed by atoms with Crippen molar-refractivity contribution in [1.82, 2.24) is 0 Å². The molecule has 0 aromatic heterocycles. The molecule has 2 rings (SSSR count). The van der Waals surface area contributed by atoms with Gasteiger partial charge in [0.2, 0.25) is 0 Å². The second-order valence-electron chi connectivity index (χ2n) is 3.72. The van der Waals surface area contributed by atoms with Crippen molar-refractivity contribution in [1.29, 1.82) is 0 Å². The van der Waals surface area contributed by atoms with Crippen molar-refractivity contribution in [3.05, 3.63) is 24.3 Å². The van der Waals surface area contributed by atoms with Crippen LogP contribution in [0.1, 0.15) is 12.8 Å². The minimum Gasteiger partial charge on any atom is -0.481 e. The van der Waals surface area contributed by atoms with E-state index in [9.17, 15) is 4.79 Å². The number of benzene rings is 1. The number of carboxylic acids is 1. The van der Waals surface area contributed by atoms with E-state index in [-0.39, 0.29) is 11.2 Å². The zero-order valence-corrected chi connectivity index (χ0v) is 9.04. The number of para-hydroxylation sites is 1. The largest absolute Gasteiger partial charge is 0.481 e. The van der Waals surface area contributed by atoms with Crippen LogP contribution in [0.2, 0.25) is 0 Å². The molecule has 0 spiro atoms. The van der Waals surface area contributed by atoms with Crippen LogP contribution < -0.4 is 5.73 Å². The van der Waals surface area contributed by atoms with Gasteiger partial charge in [-0.05, 0) is 25.0 Å². The number of nitrogen functional groups attached to an aromatic ring is 1. The van der Waals surface area contributed by atoms with Gasteiger partial charge in [-0.3, -0.25) is 4.79 Å². The summed E-state index contributed by atoms with van der Waals surface area (Å²) < 4.78 is 0. The van der Waals surface area contributed by atoms with E-state index in [0.717, 1.165) is 23.4 Å². The molecule has 80 valence electrons. The smallest absolute Gasteiger partial charge is 0.307 e. The van der Waals surface area contributed by atoms with Crippen molar-refractivity contribution in [2.45, 2.75) is 23.0 Å². The summed E-state index contributed by atoms with van der Waals surface area (Å²) in [6.45, 7) is 0. The molecule has 4 heteroatoms. The highest BCUT2D eigenvalue weighted by molar-refractivity contribution is 8.00. The molecule has 15 heavy (non-hydrogen) atoms. The first kappa shape index (κ1) is 10.4. The van der Waals surface area contributed by atoms with E-state index in [1.54, 1.807) is 11.8 Å². The first-order valence-corrected chi connectivity index (χ1v) is 5.80. The number of anilines is 1. The fraction of sp³-hybridized carbons (Fsp3) is 0.364. The molecule has 1 aliphatic rings. The minimum absolute atomic E-state index is 0.187. The Labute approximate surface area is 92.7 Å². The number of rotatable bonds is 3. The number of carbonyl (C=O) groups is 1. The van der Waals surface area contributed by atoms with E-state index >= 15 is 0 Å². The maximum atomic E-state index is 10.8. The summed E-state index contributed by atoms with van der Waals surface area (Å²) in [4.78, 5) is 11.8. The first-order valence-electron chi connectivity index (χ1n) is 4.92. The number of hydrogen-bond donors (Lipinski definition) is 2. The molecule has 3 nitrogen and oxygen atoms in total. The van der Waals surface area contributed by atoms with Gasteiger partial charge in [-0.25, -0.2) is 0 Å². The quantitative estimate of drug-likeness (QED) is 0.771. The second kappa shape index (κ2) is 4.14. The lowest BCUT2D eigenvalue weighted by Crippen LogP contribution is -2.35. The maximum Gasteiger partial charge on any atom is 0.307 e. The molecule has 0 radical (unpaired) electrons. The van der Waals surface area contributed by atoms with Gasteiger partial charge in [-0.2, -0.15) is 0 Å². The third kappa shape index (κ3) is 2.09. The van der Waals surface area contributed by atoms with Crippen LogP contribution >= 0.6 is 11.8 Å². The minimum atomic E-state index is -0.687. The van der Waals surface area contributed by atoms with Crippen LogP contribution in [0.4, 0.5) is 5.69 Å². The van der Waals surface area contributed by atoms with E-state index in [4.69, 9.17) is 10.8 Å². The summed E-state index contributed by atoms with van der Waals surface area (Å²) in [7, 11) is 0. The lowest BCUT2D eigenvalue weighted by atomic mass is 9.85. The fourth-order valence-electron chi connectivity index (χ4n) is 1.64. The van der Waals surface area contributed by atoms with E-state index in [2.05, 4.69) is 0 Å². The molecule has 1 saturated carbocycles. The Morgan fingerprint density at radius 3 is 2.67 bits per heavy atom. The van der Waals surface area contributed by atoms with Crippen LogP contribution in [0.15, 0.2) is 29.2 Å². The molecule has 1 aromatic rings. The molecular formula is C11H13NO2S. The molecule has 1 aromatic carbocycles. The van der Waals surface area contributed by atoms with E-state index in [0.29, 0.717) is 0 Å². The van der Waals surface area contributed by atoms with Crippen molar-refractivity contribution in [2.75, 3.05) is 5.73 Å². The highest BCUT2D eigenvalue weighted by atomic mass is 32.2. The number of hydrogen-bond acceptors (Lipinski definition) is 3. The van der Waals surface area contributed by atoms with Gasteiger partial charge in [-0.15, -0.1) is 11.8 Å². The predicted octanol–water partition coefficient (Wildman–Crippen LogP) is 2.22. The molecule has 0 aliphatic heterocycles. The average molecular weight is 223 g/mol. The SMILES string of the molecule is Nc1ccccc1SC1CCC1C(=O)O. The average Bonchev–Trinajstić information content (AvgIpc) is 2.13. The van der Waals surface area contributed by atoms with Crippen molar-refractivity contribution >= 4 is 23.4 Å². The summed E-state index contributed by atoms with van der Waals surface area (Å²) >= 11 is 1.59. The van der Waals surface area contributed by atoms with Crippen LogP contribution in [0.5, 0.6) is 0 Å². The molecule has 0 saturated heterocycles. The Hall–Kier alpha value is -1.16. The third-order valence-electron chi connectivity index (χ3n) is 2.73. The Kier molecular flexibility index (Phi) is 2.86. The monoisotopic (exact) mass is 223 g/mol. The predicted molar refractivity (Wildman–Crippen MR) is 60.9 cm³/mol. The van der Waals surface area contributed by atoms with Crippen molar-refractivity contribution < 1.29 is 9.90 Å². The van der Waals surface area contributed by atoms with Gasteiger partial charge >= 0.3 is 5.97 Å². The number of aliphatic carboxylic acids is 1. The molecule has 3 N–H and O–H groups in total. The number of thioether (sulfide) groups is 1. The summed E-state index contributed by atoms with van der Waals surface area (Å²) in [5.74, 6) is -0.886. The normalized spacial score (nSPS) is 24.5. The molecule has 2 unspecified atom stereocenters. The van der Waals surface area contributed by atoms with Gasteiger partial charge < -0.3 is 10.8 Å². The third-order valence-corrected chi connectivity index (χ3v) is 4.22. The van der Waals surface area contributed by atoms with Crippen LogP contribution in [-0.2, 0) is 4.79 Å². The van der Waals surface area contributed by atoms with Gasteiger partial charge in [-0.1, -0.05) is 12.1 Å². The van der Waals surface area contributed by atoms with Gasteiger partial charge in [0.1, 0.15) is 0 Å². The van der Waals surface area contributed by atoms with Gasteiger partial charge in [0.05, 0.1) is 5.92 Å². The van der Waals surface area contributed by atoms with Gasteiger partial charge in [0.15, 0.2) is 0 Å². The molecule has 0 heterocycles. The Morgan fingerprint density at radius 2 is 2.13 bits per heavy atom. The van der Waals surface area contributed by atoms with Crippen LogP contribution in [0, 0.1) is 5.92 Å². The molecule has 2 atom stereocenters. The molecule has 0 bridgehead atoms. The van der Waals surface area contributed by atoms with Crippen LogP contribution in [-0.4, -0.2) is 16.3 Å². The summed E-state index contributed by atoms with van der Waals surface area (Å²) in [6, 6.07) is 7.59. The number of nitrogens with two attached hydrogens (primary N) is 1.